The Bertz CT molecular complexity index is 583. The number of aryl methyl sites for hydroxylation is 1. The molecule has 2 heterocycles. The topological polar surface area (TPSA) is 66.9 Å². The molecule has 0 radical (unpaired) electrons. The van der Waals surface area contributed by atoms with Crippen LogP contribution in [0.5, 0.6) is 0 Å². The Balaban J connectivity index is 2.13. The third-order valence-electron chi connectivity index (χ3n) is 2.51. The molecule has 1 amide bonds. The van der Waals surface area contributed by atoms with Crippen molar-refractivity contribution in [1.82, 2.24) is 9.97 Å². The summed E-state index contributed by atoms with van der Waals surface area (Å²) in [5.41, 5.74) is 2.91. The van der Waals surface area contributed by atoms with Gasteiger partial charge in [0.05, 0.1) is 11.9 Å². The molecule has 5 heteroatoms. The number of carbonyl (C=O) groups excluding carboxylic acids is 1. The predicted octanol–water partition coefficient (Wildman–Crippen LogP) is 2.47. The van der Waals surface area contributed by atoms with E-state index in [1.165, 1.54) is 0 Å². The number of nitrogens with zero attached hydrogens (tertiary/aromatic N) is 2. The van der Waals surface area contributed by atoms with E-state index in [-0.39, 0.29) is 5.91 Å². The van der Waals surface area contributed by atoms with Crippen LogP contribution in [-0.4, -0.2) is 22.4 Å². The largest absolute Gasteiger partial charge is 0.385 e. The maximum absolute atomic E-state index is 12.1. The van der Waals surface area contributed by atoms with Gasteiger partial charge in [0.2, 0.25) is 0 Å². The van der Waals surface area contributed by atoms with E-state index in [0.29, 0.717) is 11.4 Å². The van der Waals surface area contributed by atoms with Gasteiger partial charge >= 0.3 is 0 Å². The van der Waals surface area contributed by atoms with Gasteiger partial charge in [-0.2, -0.15) is 0 Å². The van der Waals surface area contributed by atoms with Crippen molar-refractivity contribution >= 4 is 17.3 Å². The zero-order valence-corrected chi connectivity index (χ0v) is 11.0. The van der Waals surface area contributed by atoms with E-state index < -0.39 is 0 Å². The Kier molecular flexibility index (Phi) is 4.07. The SMILES string of the molecule is CCNc1ccnc(C(=O)Nc2cncc(C)c2)c1. The van der Waals surface area contributed by atoms with Crippen molar-refractivity contribution in [3.05, 3.63) is 48.0 Å². The predicted molar refractivity (Wildman–Crippen MR) is 75.3 cm³/mol. The minimum atomic E-state index is -0.243. The first kappa shape index (κ1) is 13.0. The lowest BCUT2D eigenvalue weighted by Gasteiger charge is -2.07. The summed E-state index contributed by atoms with van der Waals surface area (Å²) in [5.74, 6) is -0.243. The molecule has 0 aliphatic carbocycles. The standard InChI is InChI=1S/C14H16N4O/c1-3-16-11-4-5-17-13(7-11)14(19)18-12-6-10(2)8-15-9-12/h4-9H,3H2,1-2H3,(H,16,17)(H,18,19). The van der Waals surface area contributed by atoms with Gasteiger partial charge in [-0.05, 0) is 37.6 Å². The second kappa shape index (κ2) is 5.95. The van der Waals surface area contributed by atoms with Crippen LogP contribution in [0.3, 0.4) is 0 Å². The van der Waals surface area contributed by atoms with E-state index in [1.54, 1.807) is 24.7 Å². The summed E-state index contributed by atoms with van der Waals surface area (Å²) in [6, 6.07) is 5.41. The van der Waals surface area contributed by atoms with E-state index in [1.807, 2.05) is 26.0 Å². The van der Waals surface area contributed by atoms with Crippen LogP contribution in [0.25, 0.3) is 0 Å². The van der Waals surface area contributed by atoms with Gasteiger partial charge in [-0.3, -0.25) is 14.8 Å². The smallest absolute Gasteiger partial charge is 0.274 e. The van der Waals surface area contributed by atoms with Gasteiger partial charge < -0.3 is 10.6 Å². The average molecular weight is 256 g/mol. The lowest BCUT2D eigenvalue weighted by Crippen LogP contribution is -2.14. The fourth-order valence-electron chi connectivity index (χ4n) is 1.69. The molecule has 0 bridgehead atoms. The quantitative estimate of drug-likeness (QED) is 0.881. The van der Waals surface area contributed by atoms with Gasteiger partial charge in [0.15, 0.2) is 0 Å². The van der Waals surface area contributed by atoms with Crippen LogP contribution in [0.15, 0.2) is 36.8 Å². The summed E-state index contributed by atoms with van der Waals surface area (Å²) in [6.45, 7) is 4.72. The molecule has 19 heavy (non-hydrogen) atoms. The van der Waals surface area contributed by atoms with Crippen LogP contribution in [0.4, 0.5) is 11.4 Å². The molecule has 2 N–H and O–H groups in total. The highest BCUT2D eigenvalue weighted by molar-refractivity contribution is 6.03. The minimum Gasteiger partial charge on any atom is -0.385 e. The molecular formula is C14H16N4O. The van der Waals surface area contributed by atoms with Gasteiger partial charge in [0.1, 0.15) is 5.69 Å². The number of pyridine rings is 2. The molecule has 0 saturated heterocycles. The highest BCUT2D eigenvalue weighted by Crippen LogP contribution is 2.11. The highest BCUT2D eigenvalue weighted by atomic mass is 16.1. The lowest BCUT2D eigenvalue weighted by molar-refractivity contribution is 0.102. The summed E-state index contributed by atoms with van der Waals surface area (Å²) < 4.78 is 0. The third-order valence-corrected chi connectivity index (χ3v) is 2.51. The van der Waals surface area contributed by atoms with E-state index in [2.05, 4.69) is 20.6 Å². The van der Waals surface area contributed by atoms with Crippen LogP contribution in [0.1, 0.15) is 23.0 Å². The number of hydrogen-bond donors (Lipinski definition) is 2. The van der Waals surface area contributed by atoms with Crippen molar-refractivity contribution in [3.63, 3.8) is 0 Å². The molecule has 0 spiro atoms. The monoisotopic (exact) mass is 256 g/mol. The maximum atomic E-state index is 12.1. The average Bonchev–Trinajstić information content (AvgIpc) is 2.39. The number of amides is 1. The van der Waals surface area contributed by atoms with Crippen molar-refractivity contribution in [3.8, 4) is 0 Å². The van der Waals surface area contributed by atoms with Crippen molar-refractivity contribution in [2.24, 2.45) is 0 Å². The van der Waals surface area contributed by atoms with E-state index >= 15 is 0 Å². The molecule has 0 aliphatic rings. The molecule has 5 nitrogen and oxygen atoms in total. The highest BCUT2D eigenvalue weighted by Gasteiger charge is 2.08. The number of carbonyl (C=O) groups is 1. The van der Waals surface area contributed by atoms with Crippen molar-refractivity contribution < 1.29 is 4.79 Å². The second-order valence-corrected chi connectivity index (χ2v) is 4.17. The van der Waals surface area contributed by atoms with Crippen LogP contribution in [0.2, 0.25) is 0 Å². The van der Waals surface area contributed by atoms with Gasteiger partial charge in [0, 0.05) is 24.6 Å². The number of aromatic nitrogens is 2. The minimum absolute atomic E-state index is 0.243. The molecule has 0 saturated carbocycles. The third kappa shape index (κ3) is 3.51. The van der Waals surface area contributed by atoms with E-state index in [9.17, 15) is 4.79 Å². The molecule has 2 aromatic heterocycles. The Morgan fingerprint density at radius 1 is 1.26 bits per heavy atom. The number of nitrogens with one attached hydrogen (secondary N) is 2. The maximum Gasteiger partial charge on any atom is 0.274 e. The first-order valence-electron chi connectivity index (χ1n) is 6.12. The number of anilines is 2. The fourth-order valence-corrected chi connectivity index (χ4v) is 1.69. The Morgan fingerprint density at radius 2 is 2.11 bits per heavy atom. The molecule has 2 rings (SSSR count). The summed E-state index contributed by atoms with van der Waals surface area (Å²) in [5, 5.41) is 5.92. The molecule has 2 aromatic rings. The first-order valence-corrected chi connectivity index (χ1v) is 6.12. The van der Waals surface area contributed by atoms with Gasteiger partial charge in [-0.25, -0.2) is 0 Å². The summed E-state index contributed by atoms with van der Waals surface area (Å²) in [4.78, 5) is 20.2. The second-order valence-electron chi connectivity index (χ2n) is 4.17. The van der Waals surface area contributed by atoms with Crippen molar-refractivity contribution in [2.45, 2.75) is 13.8 Å². The molecule has 0 aliphatic heterocycles. The molecule has 0 fully saturated rings. The Morgan fingerprint density at radius 3 is 2.84 bits per heavy atom. The van der Waals surface area contributed by atoms with Crippen LogP contribution in [0, 0.1) is 6.92 Å². The van der Waals surface area contributed by atoms with Crippen LogP contribution in [-0.2, 0) is 0 Å². The van der Waals surface area contributed by atoms with Gasteiger partial charge in [0.25, 0.3) is 5.91 Å². The zero-order chi connectivity index (χ0) is 13.7. The van der Waals surface area contributed by atoms with E-state index in [0.717, 1.165) is 17.8 Å². The number of hydrogen-bond acceptors (Lipinski definition) is 4. The van der Waals surface area contributed by atoms with Gasteiger partial charge in [-0.15, -0.1) is 0 Å². The Hall–Kier alpha value is -2.43. The summed E-state index contributed by atoms with van der Waals surface area (Å²) in [7, 11) is 0. The molecular weight excluding hydrogens is 240 g/mol. The lowest BCUT2D eigenvalue weighted by atomic mass is 10.2. The van der Waals surface area contributed by atoms with Gasteiger partial charge in [-0.1, -0.05) is 0 Å². The van der Waals surface area contributed by atoms with Crippen molar-refractivity contribution in [2.75, 3.05) is 17.2 Å². The molecule has 0 aromatic carbocycles. The first-order chi connectivity index (χ1) is 9.19. The van der Waals surface area contributed by atoms with Crippen LogP contribution >= 0.6 is 0 Å². The zero-order valence-electron chi connectivity index (χ0n) is 11.0. The summed E-state index contributed by atoms with van der Waals surface area (Å²) >= 11 is 0. The molecule has 0 atom stereocenters. The molecule has 98 valence electrons. The van der Waals surface area contributed by atoms with Crippen LogP contribution < -0.4 is 10.6 Å². The summed E-state index contributed by atoms with van der Waals surface area (Å²) in [6.07, 6.45) is 4.96. The molecule has 0 unspecified atom stereocenters. The normalized spacial score (nSPS) is 10.0. The van der Waals surface area contributed by atoms with Crippen molar-refractivity contribution in [1.29, 1.82) is 0 Å². The van der Waals surface area contributed by atoms with E-state index in [4.69, 9.17) is 0 Å². The number of rotatable bonds is 4. The Labute approximate surface area is 112 Å². The fraction of sp³-hybridized carbons (Fsp3) is 0.214.